The average Bonchev–Trinajstić information content (AvgIpc) is 2.72. The quantitative estimate of drug-likeness (QED) is 0.885. The van der Waals surface area contributed by atoms with E-state index >= 15 is 0 Å². The lowest BCUT2D eigenvalue weighted by atomic mass is 10.1. The van der Waals surface area contributed by atoms with Crippen molar-refractivity contribution in [3.63, 3.8) is 0 Å². The SMILES string of the molecule is CCn1c(CCC(C)CN)nc2cc(F)ccc21. The Balaban J connectivity index is 2.32. The van der Waals surface area contributed by atoms with Gasteiger partial charge in [-0.1, -0.05) is 6.92 Å². The van der Waals surface area contributed by atoms with Crippen molar-refractivity contribution in [1.82, 2.24) is 9.55 Å². The second-order valence-corrected chi connectivity index (χ2v) is 4.78. The number of benzene rings is 1. The summed E-state index contributed by atoms with van der Waals surface area (Å²) in [7, 11) is 0. The highest BCUT2D eigenvalue weighted by atomic mass is 19.1. The van der Waals surface area contributed by atoms with Gasteiger partial charge in [0.2, 0.25) is 0 Å². The third-order valence-electron chi connectivity index (χ3n) is 3.37. The molecule has 0 spiro atoms. The van der Waals surface area contributed by atoms with E-state index in [1.54, 1.807) is 6.07 Å². The highest BCUT2D eigenvalue weighted by Crippen LogP contribution is 2.19. The molecule has 0 aliphatic carbocycles. The molecule has 0 saturated carbocycles. The topological polar surface area (TPSA) is 43.8 Å². The van der Waals surface area contributed by atoms with E-state index in [0.29, 0.717) is 12.5 Å². The fraction of sp³-hybridized carbons (Fsp3) is 0.500. The maximum absolute atomic E-state index is 13.2. The van der Waals surface area contributed by atoms with Gasteiger partial charge in [0.25, 0.3) is 0 Å². The van der Waals surface area contributed by atoms with Gasteiger partial charge in [-0.05, 0) is 37.9 Å². The minimum absolute atomic E-state index is 0.231. The lowest BCUT2D eigenvalue weighted by Gasteiger charge is -2.09. The Hall–Kier alpha value is -1.42. The van der Waals surface area contributed by atoms with Gasteiger partial charge < -0.3 is 10.3 Å². The predicted molar refractivity (Wildman–Crippen MR) is 71.9 cm³/mol. The van der Waals surface area contributed by atoms with Gasteiger partial charge in [-0.2, -0.15) is 0 Å². The van der Waals surface area contributed by atoms with E-state index in [-0.39, 0.29) is 5.82 Å². The first-order valence-corrected chi connectivity index (χ1v) is 6.50. The molecule has 0 aliphatic rings. The molecule has 1 unspecified atom stereocenters. The number of nitrogens with two attached hydrogens (primary N) is 1. The summed E-state index contributed by atoms with van der Waals surface area (Å²) in [5, 5.41) is 0. The average molecular weight is 249 g/mol. The molecule has 1 aromatic heterocycles. The number of rotatable bonds is 5. The van der Waals surface area contributed by atoms with Crippen molar-refractivity contribution in [2.75, 3.05) is 6.54 Å². The Morgan fingerprint density at radius 2 is 2.22 bits per heavy atom. The minimum Gasteiger partial charge on any atom is -0.330 e. The summed E-state index contributed by atoms with van der Waals surface area (Å²) in [6.45, 7) is 5.77. The first-order chi connectivity index (χ1) is 8.65. The van der Waals surface area contributed by atoms with Gasteiger partial charge >= 0.3 is 0 Å². The van der Waals surface area contributed by atoms with Gasteiger partial charge in [-0.3, -0.25) is 0 Å². The van der Waals surface area contributed by atoms with Crippen LogP contribution in [0.1, 0.15) is 26.1 Å². The number of fused-ring (bicyclic) bond motifs is 1. The van der Waals surface area contributed by atoms with E-state index in [1.807, 2.05) is 0 Å². The number of aromatic nitrogens is 2. The number of nitrogens with zero attached hydrogens (tertiary/aromatic N) is 2. The van der Waals surface area contributed by atoms with Gasteiger partial charge in [0.1, 0.15) is 11.6 Å². The largest absolute Gasteiger partial charge is 0.330 e. The van der Waals surface area contributed by atoms with Crippen molar-refractivity contribution >= 4 is 11.0 Å². The molecule has 3 nitrogen and oxygen atoms in total. The lowest BCUT2D eigenvalue weighted by molar-refractivity contribution is 0.527. The van der Waals surface area contributed by atoms with Crippen LogP contribution in [-0.2, 0) is 13.0 Å². The molecule has 1 atom stereocenters. The Labute approximate surface area is 107 Å². The van der Waals surface area contributed by atoms with Crippen LogP contribution in [0.5, 0.6) is 0 Å². The highest BCUT2D eigenvalue weighted by Gasteiger charge is 2.11. The van der Waals surface area contributed by atoms with Crippen LogP contribution in [-0.4, -0.2) is 16.1 Å². The minimum atomic E-state index is -0.231. The van der Waals surface area contributed by atoms with E-state index < -0.39 is 0 Å². The molecule has 0 amide bonds. The van der Waals surface area contributed by atoms with Crippen molar-refractivity contribution in [3.8, 4) is 0 Å². The summed E-state index contributed by atoms with van der Waals surface area (Å²) in [4.78, 5) is 4.53. The van der Waals surface area contributed by atoms with Gasteiger partial charge in [0.15, 0.2) is 0 Å². The standard InChI is InChI=1S/C14H20FN3/c1-3-18-13-6-5-11(15)8-12(13)17-14(18)7-4-10(2)9-16/h5-6,8,10H,3-4,7,9,16H2,1-2H3. The zero-order valence-corrected chi connectivity index (χ0v) is 11.0. The van der Waals surface area contributed by atoms with Crippen molar-refractivity contribution in [2.45, 2.75) is 33.2 Å². The molecule has 0 aliphatic heterocycles. The fourth-order valence-corrected chi connectivity index (χ4v) is 2.19. The summed E-state index contributed by atoms with van der Waals surface area (Å²) in [6.07, 6.45) is 1.91. The zero-order valence-electron chi connectivity index (χ0n) is 11.0. The summed E-state index contributed by atoms with van der Waals surface area (Å²) >= 11 is 0. The zero-order chi connectivity index (χ0) is 13.1. The second kappa shape index (κ2) is 5.48. The maximum atomic E-state index is 13.2. The molecule has 2 aromatic rings. The molecule has 2 rings (SSSR count). The second-order valence-electron chi connectivity index (χ2n) is 4.78. The van der Waals surface area contributed by atoms with Crippen molar-refractivity contribution < 1.29 is 4.39 Å². The van der Waals surface area contributed by atoms with Crippen LogP contribution in [0, 0.1) is 11.7 Å². The smallest absolute Gasteiger partial charge is 0.125 e. The molecular formula is C14H20FN3. The van der Waals surface area contributed by atoms with Gasteiger partial charge in [-0.15, -0.1) is 0 Å². The predicted octanol–water partition coefficient (Wildman–Crippen LogP) is 2.72. The number of aryl methyl sites for hydroxylation is 2. The summed E-state index contributed by atoms with van der Waals surface area (Å²) in [5.41, 5.74) is 7.38. The Bertz CT molecular complexity index is 533. The summed E-state index contributed by atoms with van der Waals surface area (Å²) in [6, 6.07) is 4.79. The van der Waals surface area contributed by atoms with Gasteiger partial charge in [-0.25, -0.2) is 9.37 Å². The van der Waals surface area contributed by atoms with Crippen molar-refractivity contribution in [3.05, 3.63) is 29.8 Å². The monoisotopic (exact) mass is 249 g/mol. The van der Waals surface area contributed by atoms with Crippen LogP contribution in [0.25, 0.3) is 11.0 Å². The molecule has 0 fully saturated rings. The highest BCUT2D eigenvalue weighted by molar-refractivity contribution is 5.76. The van der Waals surface area contributed by atoms with E-state index in [9.17, 15) is 4.39 Å². The van der Waals surface area contributed by atoms with E-state index in [4.69, 9.17) is 5.73 Å². The van der Waals surface area contributed by atoms with Crippen molar-refractivity contribution in [2.24, 2.45) is 11.7 Å². The van der Waals surface area contributed by atoms with Crippen molar-refractivity contribution in [1.29, 1.82) is 0 Å². The molecule has 1 aromatic carbocycles. The van der Waals surface area contributed by atoms with Crippen LogP contribution in [0.4, 0.5) is 4.39 Å². The van der Waals surface area contributed by atoms with Crippen LogP contribution in [0.3, 0.4) is 0 Å². The molecule has 1 heterocycles. The summed E-state index contributed by atoms with van der Waals surface area (Å²) in [5.74, 6) is 1.29. The normalized spacial score (nSPS) is 13.1. The Morgan fingerprint density at radius 1 is 1.44 bits per heavy atom. The molecule has 0 radical (unpaired) electrons. The number of halogens is 1. The molecule has 18 heavy (non-hydrogen) atoms. The summed E-state index contributed by atoms with van der Waals surface area (Å²) < 4.78 is 15.3. The molecule has 4 heteroatoms. The number of hydrogen-bond acceptors (Lipinski definition) is 2. The van der Waals surface area contributed by atoms with Crippen LogP contribution >= 0.6 is 0 Å². The third kappa shape index (κ3) is 2.53. The first-order valence-electron chi connectivity index (χ1n) is 6.50. The maximum Gasteiger partial charge on any atom is 0.125 e. The van der Waals surface area contributed by atoms with E-state index in [0.717, 1.165) is 36.2 Å². The third-order valence-corrected chi connectivity index (χ3v) is 3.37. The van der Waals surface area contributed by atoms with E-state index in [2.05, 4.69) is 23.4 Å². The first kappa shape index (κ1) is 13.0. The number of imidazole rings is 1. The molecule has 98 valence electrons. The molecule has 0 saturated heterocycles. The van der Waals surface area contributed by atoms with Gasteiger partial charge in [0, 0.05) is 19.0 Å². The Kier molecular flexibility index (Phi) is 3.97. The van der Waals surface area contributed by atoms with Crippen LogP contribution in [0.15, 0.2) is 18.2 Å². The molecular weight excluding hydrogens is 229 g/mol. The van der Waals surface area contributed by atoms with Crippen LogP contribution < -0.4 is 5.73 Å². The molecule has 2 N–H and O–H groups in total. The van der Waals surface area contributed by atoms with Crippen LogP contribution in [0.2, 0.25) is 0 Å². The number of hydrogen-bond donors (Lipinski definition) is 1. The van der Waals surface area contributed by atoms with E-state index in [1.165, 1.54) is 12.1 Å². The Morgan fingerprint density at radius 3 is 2.89 bits per heavy atom. The van der Waals surface area contributed by atoms with Gasteiger partial charge in [0.05, 0.1) is 11.0 Å². The fourth-order valence-electron chi connectivity index (χ4n) is 2.19. The molecule has 0 bridgehead atoms. The lowest BCUT2D eigenvalue weighted by Crippen LogP contribution is -2.12.